The number of aromatic nitrogens is 2. The van der Waals surface area contributed by atoms with E-state index in [4.69, 9.17) is 9.47 Å². The normalized spacial score (nSPS) is 28.7. The van der Waals surface area contributed by atoms with Gasteiger partial charge in [-0.2, -0.15) is 0 Å². The number of nitrogens with zero attached hydrogens (tertiary/aromatic N) is 2. The van der Waals surface area contributed by atoms with Crippen molar-refractivity contribution >= 4 is 17.8 Å². The highest BCUT2D eigenvalue weighted by atomic mass is 32.2. The lowest BCUT2D eigenvalue weighted by Gasteiger charge is -2.56. The zero-order chi connectivity index (χ0) is 33.2. The number of rotatable bonds is 10. The molecule has 2 amide bonds. The molecule has 254 valence electrons. The van der Waals surface area contributed by atoms with Crippen molar-refractivity contribution in [1.82, 2.24) is 20.6 Å². The Kier molecular flexibility index (Phi) is 9.42. The predicted molar refractivity (Wildman–Crippen MR) is 189 cm³/mol. The number of ether oxygens (including phenoxy) is 2. The fraction of sp³-hybridized carbons (Fsp3) is 0.425. The summed E-state index contributed by atoms with van der Waals surface area (Å²) in [6, 6.07) is 26.4. The van der Waals surface area contributed by atoms with E-state index in [1.807, 2.05) is 42.5 Å². The molecule has 3 atom stereocenters. The number of thioether (sulfide) groups is 1. The molecular weight excluding hydrogens is 633 g/mol. The molecule has 4 bridgehead atoms. The summed E-state index contributed by atoms with van der Waals surface area (Å²) in [4.78, 5) is 21.9. The maximum absolute atomic E-state index is 13.2. The Morgan fingerprint density at radius 3 is 2.18 bits per heavy atom. The first-order chi connectivity index (χ1) is 24.0. The fourth-order valence-corrected chi connectivity index (χ4v) is 9.87. The highest BCUT2D eigenvalue weighted by Crippen LogP contribution is 2.55. The third-order valence-corrected chi connectivity index (χ3v) is 11.9. The van der Waals surface area contributed by atoms with E-state index >= 15 is 0 Å². The number of hydrogen-bond acceptors (Lipinski definition) is 7. The summed E-state index contributed by atoms with van der Waals surface area (Å²) in [6.45, 7) is 0.473. The second-order valence-electron chi connectivity index (χ2n) is 14.5. The molecule has 9 heteroatoms. The third kappa shape index (κ3) is 7.41. The molecule has 49 heavy (non-hydrogen) atoms. The Balaban J connectivity index is 0.947. The molecule has 5 fully saturated rings. The lowest BCUT2D eigenvalue weighted by molar-refractivity contribution is -0.245. The van der Waals surface area contributed by atoms with Crippen molar-refractivity contribution in [2.24, 2.45) is 17.8 Å². The highest BCUT2D eigenvalue weighted by molar-refractivity contribution is 7.99. The number of carbonyl (C=O) groups excluding carboxylic acids is 1. The number of carbonyl (C=O) groups is 1. The van der Waals surface area contributed by atoms with E-state index in [-0.39, 0.29) is 30.4 Å². The second-order valence-corrected chi connectivity index (χ2v) is 15.5. The molecular formula is C40H44N4O4S. The van der Waals surface area contributed by atoms with Crippen molar-refractivity contribution in [3.05, 3.63) is 114 Å². The molecule has 8 nitrogen and oxygen atoms in total. The summed E-state index contributed by atoms with van der Waals surface area (Å²) in [5.74, 6) is 3.07. The van der Waals surface area contributed by atoms with Gasteiger partial charge in [-0.15, -0.1) is 0 Å². The van der Waals surface area contributed by atoms with E-state index in [9.17, 15) is 9.90 Å². The van der Waals surface area contributed by atoms with Gasteiger partial charge >= 0.3 is 6.03 Å². The summed E-state index contributed by atoms with van der Waals surface area (Å²) >= 11 is 1.58. The maximum Gasteiger partial charge on any atom is 0.315 e. The average Bonchev–Trinajstić information content (AvgIpc) is 3.13. The van der Waals surface area contributed by atoms with Gasteiger partial charge in [0.1, 0.15) is 0 Å². The Hall–Kier alpha value is -3.76. The largest absolute Gasteiger partial charge is 0.392 e. The van der Waals surface area contributed by atoms with Gasteiger partial charge in [0.05, 0.1) is 18.8 Å². The van der Waals surface area contributed by atoms with Crippen LogP contribution in [0.25, 0.3) is 11.1 Å². The van der Waals surface area contributed by atoms with E-state index in [0.29, 0.717) is 18.7 Å². The number of aliphatic hydroxyl groups excluding tert-OH is 1. The van der Waals surface area contributed by atoms with Crippen LogP contribution in [0.2, 0.25) is 0 Å². The summed E-state index contributed by atoms with van der Waals surface area (Å²) in [5, 5.41) is 16.9. The number of amides is 2. The van der Waals surface area contributed by atoms with Crippen LogP contribution in [0.3, 0.4) is 0 Å². The molecule has 3 aromatic carbocycles. The lowest BCUT2D eigenvalue weighted by atomic mass is 9.53. The Morgan fingerprint density at radius 1 is 0.816 bits per heavy atom. The van der Waals surface area contributed by atoms with E-state index < -0.39 is 6.29 Å². The minimum absolute atomic E-state index is 0.00759. The second kappa shape index (κ2) is 14.2. The van der Waals surface area contributed by atoms with Crippen LogP contribution in [0.4, 0.5) is 4.79 Å². The van der Waals surface area contributed by atoms with Gasteiger partial charge in [-0.05, 0) is 90.2 Å². The van der Waals surface area contributed by atoms with Crippen LogP contribution in [0, 0.1) is 17.8 Å². The van der Waals surface area contributed by atoms with Gasteiger partial charge < -0.3 is 25.2 Å². The van der Waals surface area contributed by atoms with Crippen molar-refractivity contribution in [2.75, 3.05) is 5.75 Å². The molecule has 1 aromatic heterocycles. The predicted octanol–water partition coefficient (Wildman–Crippen LogP) is 7.74. The Bertz CT molecular complexity index is 1700. The maximum atomic E-state index is 13.2. The van der Waals surface area contributed by atoms with Gasteiger partial charge in [0.2, 0.25) is 0 Å². The number of benzene rings is 3. The number of nitrogens with one attached hydrogen (secondary N) is 2. The van der Waals surface area contributed by atoms with Crippen LogP contribution < -0.4 is 10.6 Å². The Morgan fingerprint density at radius 2 is 1.49 bits per heavy atom. The molecule has 1 aliphatic heterocycles. The molecule has 4 aromatic rings. The van der Waals surface area contributed by atoms with Crippen molar-refractivity contribution < 1.29 is 19.4 Å². The first-order valence-electron chi connectivity index (χ1n) is 17.7. The van der Waals surface area contributed by atoms with Crippen molar-refractivity contribution in [3.63, 3.8) is 0 Å². The minimum Gasteiger partial charge on any atom is -0.392 e. The van der Waals surface area contributed by atoms with Crippen LogP contribution in [0.1, 0.15) is 79.6 Å². The zero-order valence-corrected chi connectivity index (χ0v) is 28.5. The lowest BCUT2D eigenvalue weighted by Crippen LogP contribution is -2.61. The smallest absolute Gasteiger partial charge is 0.315 e. The summed E-state index contributed by atoms with van der Waals surface area (Å²) in [6.07, 6.45) is 10.9. The molecule has 0 spiro atoms. The average molecular weight is 677 g/mol. The zero-order valence-electron chi connectivity index (χ0n) is 27.7. The van der Waals surface area contributed by atoms with Crippen LogP contribution >= 0.6 is 11.8 Å². The van der Waals surface area contributed by atoms with Crippen LogP contribution in [0.15, 0.2) is 96.4 Å². The number of aliphatic hydroxyl groups is 1. The third-order valence-electron chi connectivity index (χ3n) is 10.9. The van der Waals surface area contributed by atoms with Crippen LogP contribution in [-0.2, 0) is 22.6 Å². The quantitative estimate of drug-likeness (QED) is 0.117. The van der Waals surface area contributed by atoms with E-state index in [1.165, 1.54) is 19.3 Å². The van der Waals surface area contributed by atoms with E-state index in [0.717, 1.165) is 75.6 Å². The number of hydrogen-bond donors (Lipinski definition) is 3. The molecule has 4 saturated carbocycles. The van der Waals surface area contributed by atoms with Gasteiger partial charge in [-0.3, -0.25) is 0 Å². The standard InChI is InChI=1S/C40H44N4O4S/c45-24-26-6-8-31(9-7-26)36-19-34(25-49-39-41-14-3-15-42-39)47-37(48-36)32-12-10-30(11-13-32)35-5-2-1-4-33(35)23-43-38(46)44-40-20-27-16-28(21-40)18-29(17-27)22-40/h1-15,27-29,34,36-37,45H,16-25H2,(H2,43,44,46). The van der Waals surface area contributed by atoms with Crippen molar-refractivity contribution in [1.29, 1.82) is 0 Å². The summed E-state index contributed by atoms with van der Waals surface area (Å²) in [7, 11) is 0. The van der Waals surface area contributed by atoms with Gasteiger partial charge in [-0.25, -0.2) is 14.8 Å². The van der Waals surface area contributed by atoms with Crippen molar-refractivity contribution in [2.45, 2.75) is 87.3 Å². The first-order valence-corrected chi connectivity index (χ1v) is 18.6. The number of urea groups is 1. The molecule has 9 rings (SSSR count). The molecule has 5 aliphatic rings. The topological polar surface area (TPSA) is 106 Å². The summed E-state index contributed by atoms with van der Waals surface area (Å²) in [5.41, 5.74) is 6.10. The van der Waals surface area contributed by atoms with Gasteiger partial charge in [0.25, 0.3) is 0 Å². The van der Waals surface area contributed by atoms with Gasteiger partial charge in [0, 0.05) is 42.2 Å². The van der Waals surface area contributed by atoms with Gasteiger partial charge in [0.15, 0.2) is 11.4 Å². The highest BCUT2D eigenvalue weighted by Gasteiger charge is 2.51. The minimum atomic E-state index is -0.544. The SMILES string of the molecule is O=C(NCc1ccccc1-c1ccc(C2OC(CSc3ncccn3)CC(c3ccc(CO)cc3)O2)cc1)NC12CC3CC(CC(C3)C1)C2. The monoisotopic (exact) mass is 676 g/mol. The van der Waals surface area contributed by atoms with Gasteiger partial charge in [-0.1, -0.05) is 84.6 Å². The molecule has 4 aliphatic carbocycles. The van der Waals surface area contributed by atoms with E-state index in [1.54, 1.807) is 24.2 Å². The molecule has 1 saturated heterocycles. The van der Waals surface area contributed by atoms with Crippen molar-refractivity contribution in [3.8, 4) is 11.1 Å². The Labute approximate surface area is 292 Å². The van der Waals surface area contributed by atoms with Crippen LogP contribution in [0.5, 0.6) is 0 Å². The summed E-state index contributed by atoms with van der Waals surface area (Å²) < 4.78 is 13.1. The van der Waals surface area contributed by atoms with Crippen LogP contribution in [-0.4, -0.2) is 38.5 Å². The molecule has 3 N–H and O–H groups in total. The molecule has 3 unspecified atom stereocenters. The molecule has 0 radical (unpaired) electrons. The van der Waals surface area contributed by atoms with E-state index in [2.05, 4.69) is 57.0 Å². The fourth-order valence-electron chi connectivity index (χ4n) is 9.05. The first kappa shape index (κ1) is 32.4. The molecule has 2 heterocycles.